The number of aliphatic hydroxyl groups is 2. The van der Waals surface area contributed by atoms with Crippen LogP contribution in [-0.2, 0) is 4.74 Å². The van der Waals surface area contributed by atoms with Gasteiger partial charge in [0.2, 0.25) is 0 Å². The average Bonchev–Trinajstić information content (AvgIpc) is 3.00. The number of halogens is 1. The van der Waals surface area contributed by atoms with E-state index >= 15 is 0 Å². The van der Waals surface area contributed by atoms with E-state index in [1.54, 1.807) is 30.3 Å². The normalized spacial score (nSPS) is 24.0. The van der Waals surface area contributed by atoms with Crippen LogP contribution in [0.3, 0.4) is 0 Å². The molecule has 0 aromatic heterocycles. The Morgan fingerprint density at radius 2 is 1.64 bits per heavy atom. The van der Waals surface area contributed by atoms with Crippen LogP contribution in [0.2, 0.25) is 0 Å². The Balaban J connectivity index is 1.51. The number of rotatable bonds is 6. The zero-order valence-electron chi connectivity index (χ0n) is 15.0. The number of ether oxygens (including phenoxy) is 1. The minimum Gasteiger partial charge on any atom is -0.387 e. The van der Waals surface area contributed by atoms with E-state index < -0.39 is 29.5 Å². The monoisotopic (exact) mass is 388 g/mol. The van der Waals surface area contributed by atoms with Crippen molar-refractivity contribution in [2.24, 2.45) is 0 Å². The Morgan fingerprint density at radius 1 is 1.04 bits per heavy atom. The van der Waals surface area contributed by atoms with E-state index in [2.05, 4.69) is 10.6 Å². The highest BCUT2D eigenvalue weighted by molar-refractivity contribution is 5.94. The van der Waals surface area contributed by atoms with E-state index in [9.17, 15) is 24.2 Å². The number of carbonyl (C=O) groups is 2. The van der Waals surface area contributed by atoms with Gasteiger partial charge in [0.15, 0.2) is 0 Å². The molecule has 0 aliphatic carbocycles. The summed E-state index contributed by atoms with van der Waals surface area (Å²) in [4.78, 5) is 24.2. The molecule has 28 heavy (non-hydrogen) atoms. The van der Waals surface area contributed by atoms with Crippen LogP contribution in [0.15, 0.2) is 54.6 Å². The van der Waals surface area contributed by atoms with Crippen molar-refractivity contribution in [3.8, 4) is 0 Å². The molecular formula is C20H21FN2O5. The molecule has 1 saturated heterocycles. The highest BCUT2D eigenvalue weighted by Crippen LogP contribution is 2.24. The maximum atomic E-state index is 12.9. The molecular weight excluding hydrogens is 367 g/mol. The summed E-state index contributed by atoms with van der Waals surface area (Å²) >= 11 is 0. The van der Waals surface area contributed by atoms with Crippen LogP contribution in [0.5, 0.6) is 0 Å². The Labute approximate surface area is 161 Å². The molecule has 8 heteroatoms. The summed E-state index contributed by atoms with van der Waals surface area (Å²) in [5, 5.41) is 26.1. The molecule has 0 radical (unpaired) electrons. The third-order valence-corrected chi connectivity index (χ3v) is 4.61. The molecule has 0 spiro atoms. The van der Waals surface area contributed by atoms with Crippen molar-refractivity contribution in [2.45, 2.75) is 17.8 Å². The maximum Gasteiger partial charge on any atom is 0.251 e. The SMILES string of the molecule is O=C(NC[C@H]1OC[C@@](O)(CNC(=O)c2ccccc2)[C@@H]1O)c1ccc(F)cc1. The second-order valence-corrected chi connectivity index (χ2v) is 6.66. The fourth-order valence-corrected chi connectivity index (χ4v) is 2.92. The van der Waals surface area contributed by atoms with Gasteiger partial charge in [-0.3, -0.25) is 9.59 Å². The van der Waals surface area contributed by atoms with Gasteiger partial charge < -0.3 is 25.6 Å². The molecule has 0 unspecified atom stereocenters. The highest BCUT2D eigenvalue weighted by atomic mass is 19.1. The predicted octanol–water partition coefficient (Wildman–Crippen LogP) is 0.476. The van der Waals surface area contributed by atoms with Crippen molar-refractivity contribution < 1.29 is 28.9 Å². The van der Waals surface area contributed by atoms with Gasteiger partial charge in [0, 0.05) is 17.7 Å². The summed E-state index contributed by atoms with van der Waals surface area (Å²) in [5.41, 5.74) is -0.975. The van der Waals surface area contributed by atoms with Crippen molar-refractivity contribution in [1.82, 2.24) is 10.6 Å². The standard InChI is InChI=1S/C20H21FN2O5/c21-15-8-6-14(7-9-15)18(25)22-10-16-17(24)20(27,12-28-16)11-23-19(26)13-4-2-1-3-5-13/h1-9,16-17,24,27H,10-12H2,(H,22,25)(H,23,26)/t16-,17-,20+/m1/s1. The summed E-state index contributed by atoms with van der Waals surface area (Å²) in [6.45, 7) is -0.447. The van der Waals surface area contributed by atoms with Gasteiger partial charge in [-0.2, -0.15) is 0 Å². The zero-order chi connectivity index (χ0) is 20.1. The van der Waals surface area contributed by atoms with Gasteiger partial charge in [0.1, 0.15) is 23.6 Å². The molecule has 0 bridgehead atoms. The van der Waals surface area contributed by atoms with E-state index in [0.29, 0.717) is 5.56 Å². The van der Waals surface area contributed by atoms with Crippen molar-refractivity contribution in [2.75, 3.05) is 19.7 Å². The topological polar surface area (TPSA) is 108 Å². The van der Waals surface area contributed by atoms with Crippen molar-refractivity contribution in [1.29, 1.82) is 0 Å². The molecule has 1 aliphatic rings. The molecule has 7 nitrogen and oxygen atoms in total. The van der Waals surface area contributed by atoms with Gasteiger partial charge in [-0.15, -0.1) is 0 Å². The van der Waals surface area contributed by atoms with E-state index in [1.165, 1.54) is 24.3 Å². The van der Waals surface area contributed by atoms with Crippen LogP contribution in [0, 0.1) is 5.82 Å². The maximum absolute atomic E-state index is 12.9. The van der Waals surface area contributed by atoms with E-state index in [1.807, 2.05) is 0 Å². The summed E-state index contributed by atoms with van der Waals surface area (Å²) in [6.07, 6.45) is -2.15. The third kappa shape index (κ3) is 4.53. The van der Waals surface area contributed by atoms with Crippen molar-refractivity contribution >= 4 is 11.8 Å². The van der Waals surface area contributed by atoms with Gasteiger partial charge in [-0.05, 0) is 36.4 Å². The number of nitrogens with one attached hydrogen (secondary N) is 2. The van der Waals surface area contributed by atoms with Crippen LogP contribution in [0.25, 0.3) is 0 Å². The van der Waals surface area contributed by atoms with Gasteiger partial charge >= 0.3 is 0 Å². The number of amides is 2. The molecule has 4 N–H and O–H groups in total. The number of hydrogen-bond acceptors (Lipinski definition) is 5. The summed E-state index contributed by atoms with van der Waals surface area (Å²) in [5.74, 6) is -1.29. The lowest BCUT2D eigenvalue weighted by Crippen LogP contribution is -2.53. The van der Waals surface area contributed by atoms with Crippen LogP contribution in [-0.4, -0.2) is 59.5 Å². The Kier molecular flexibility index (Phi) is 6.03. The molecule has 1 heterocycles. The second kappa shape index (κ2) is 8.47. The minimum atomic E-state index is -1.67. The number of aliphatic hydroxyl groups excluding tert-OH is 1. The average molecular weight is 388 g/mol. The molecule has 0 saturated carbocycles. The van der Waals surface area contributed by atoms with E-state index in [4.69, 9.17) is 4.74 Å². The molecule has 1 aliphatic heterocycles. The Hall–Kier alpha value is -2.81. The van der Waals surface area contributed by atoms with Gasteiger partial charge in [-0.25, -0.2) is 4.39 Å². The lowest BCUT2D eigenvalue weighted by atomic mass is 9.96. The second-order valence-electron chi connectivity index (χ2n) is 6.66. The largest absolute Gasteiger partial charge is 0.387 e. The van der Waals surface area contributed by atoms with Gasteiger partial charge in [0.05, 0.1) is 13.2 Å². The first kappa shape index (κ1) is 19.9. The lowest BCUT2D eigenvalue weighted by Gasteiger charge is -2.26. The Morgan fingerprint density at radius 3 is 2.32 bits per heavy atom. The van der Waals surface area contributed by atoms with Gasteiger partial charge in [-0.1, -0.05) is 18.2 Å². The van der Waals surface area contributed by atoms with Crippen LogP contribution in [0.1, 0.15) is 20.7 Å². The quantitative estimate of drug-likeness (QED) is 0.576. The highest BCUT2D eigenvalue weighted by Gasteiger charge is 2.48. The fraction of sp³-hybridized carbons (Fsp3) is 0.300. The molecule has 2 amide bonds. The number of benzene rings is 2. The molecule has 2 aromatic carbocycles. The molecule has 3 rings (SSSR count). The Bertz CT molecular complexity index is 830. The molecule has 2 aromatic rings. The molecule has 3 atom stereocenters. The first-order chi connectivity index (χ1) is 13.4. The van der Waals surface area contributed by atoms with Crippen LogP contribution >= 0.6 is 0 Å². The lowest BCUT2D eigenvalue weighted by molar-refractivity contribution is -0.0464. The van der Waals surface area contributed by atoms with Crippen LogP contribution < -0.4 is 10.6 Å². The summed E-state index contributed by atoms with van der Waals surface area (Å²) in [7, 11) is 0. The number of carbonyl (C=O) groups excluding carboxylic acids is 2. The smallest absolute Gasteiger partial charge is 0.251 e. The molecule has 148 valence electrons. The number of hydrogen-bond donors (Lipinski definition) is 4. The predicted molar refractivity (Wildman–Crippen MR) is 98.2 cm³/mol. The van der Waals surface area contributed by atoms with Crippen LogP contribution in [0.4, 0.5) is 4.39 Å². The first-order valence-corrected chi connectivity index (χ1v) is 8.78. The van der Waals surface area contributed by atoms with Crippen molar-refractivity contribution in [3.63, 3.8) is 0 Å². The summed E-state index contributed by atoms with van der Waals surface area (Å²) in [6, 6.07) is 13.5. The van der Waals surface area contributed by atoms with Gasteiger partial charge in [0.25, 0.3) is 11.8 Å². The third-order valence-electron chi connectivity index (χ3n) is 4.61. The van der Waals surface area contributed by atoms with E-state index in [0.717, 1.165) is 0 Å². The van der Waals surface area contributed by atoms with E-state index in [-0.39, 0.29) is 31.2 Å². The zero-order valence-corrected chi connectivity index (χ0v) is 15.0. The minimum absolute atomic E-state index is 0.0493. The van der Waals surface area contributed by atoms with Crippen molar-refractivity contribution in [3.05, 3.63) is 71.5 Å². The fourth-order valence-electron chi connectivity index (χ4n) is 2.92. The summed E-state index contributed by atoms with van der Waals surface area (Å²) < 4.78 is 18.3. The molecule has 1 fully saturated rings. The first-order valence-electron chi connectivity index (χ1n) is 8.78.